The maximum absolute atomic E-state index is 14.1. The molecule has 0 aliphatic carbocycles. The third-order valence-corrected chi connectivity index (χ3v) is 8.70. The van der Waals surface area contributed by atoms with E-state index in [9.17, 15) is 34.4 Å². The maximum atomic E-state index is 14.1. The van der Waals surface area contributed by atoms with Crippen LogP contribution in [-0.4, -0.2) is 27.1 Å². The Kier molecular flexibility index (Phi) is 14.4. The molecule has 0 saturated carbocycles. The number of rotatable bonds is 19. The van der Waals surface area contributed by atoms with Crippen molar-refractivity contribution in [2.24, 2.45) is 0 Å². The van der Waals surface area contributed by atoms with E-state index in [0.29, 0.717) is 12.8 Å². The van der Waals surface area contributed by atoms with Crippen molar-refractivity contribution in [1.29, 1.82) is 0 Å². The molecule has 0 radical (unpaired) electrons. The van der Waals surface area contributed by atoms with Gasteiger partial charge in [0.05, 0.1) is 5.75 Å². The van der Waals surface area contributed by atoms with Crippen LogP contribution in [0.4, 0.5) is 17.6 Å². The van der Waals surface area contributed by atoms with E-state index in [1.54, 1.807) is 0 Å². The standard InChI is InChI=1S/C24H38F4O5S2/c1-2-3-4-5-6-7-8-9-10-11-12-13-14-15-16-17-18-34(29,30)23-19(25)21(27)24(35(31,32)33)22(28)20(23)26/h2-18H2,1H3,(H,31,32,33). The fourth-order valence-electron chi connectivity index (χ4n) is 4.03. The minimum Gasteiger partial charge on any atom is -0.282 e. The van der Waals surface area contributed by atoms with Crippen LogP contribution < -0.4 is 0 Å². The molecule has 0 heterocycles. The molecule has 11 heteroatoms. The maximum Gasteiger partial charge on any atom is 0.300 e. The molecule has 0 aromatic heterocycles. The molecule has 0 spiro atoms. The molecule has 204 valence electrons. The first-order valence-electron chi connectivity index (χ1n) is 12.5. The largest absolute Gasteiger partial charge is 0.300 e. The van der Waals surface area contributed by atoms with E-state index in [-0.39, 0.29) is 6.42 Å². The summed E-state index contributed by atoms with van der Waals surface area (Å²) in [6.07, 6.45) is 16.9. The van der Waals surface area contributed by atoms with Gasteiger partial charge >= 0.3 is 10.1 Å². The Morgan fingerprint density at radius 1 is 0.514 bits per heavy atom. The summed E-state index contributed by atoms with van der Waals surface area (Å²) in [4.78, 5) is -4.12. The third kappa shape index (κ3) is 10.8. The van der Waals surface area contributed by atoms with Crippen molar-refractivity contribution >= 4 is 20.0 Å². The Morgan fingerprint density at radius 2 is 0.800 bits per heavy atom. The van der Waals surface area contributed by atoms with Crippen LogP contribution in [0.5, 0.6) is 0 Å². The van der Waals surface area contributed by atoms with Gasteiger partial charge in [-0.1, -0.05) is 103 Å². The molecule has 0 unspecified atom stereocenters. The molecule has 0 bridgehead atoms. The fraction of sp³-hybridized carbons (Fsp3) is 0.750. The van der Waals surface area contributed by atoms with Gasteiger partial charge in [0.25, 0.3) is 0 Å². The Balaban J connectivity index is 2.31. The summed E-state index contributed by atoms with van der Waals surface area (Å²) in [7, 11) is -10.4. The van der Waals surface area contributed by atoms with Crippen LogP contribution in [0, 0.1) is 23.3 Å². The number of halogens is 4. The molecular weight excluding hydrogens is 508 g/mol. The summed E-state index contributed by atoms with van der Waals surface area (Å²) in [6.45, 7) is 2.21. The molecule has 0 aliphatic rings. The highest BCUT2D eigenvalue weighted by Crippen LogP contribution is 2.31. The summed E-state index contributed by atoms with van der Waals surface area (Å²) >= 11 is 0. The highest BCUT2D eigenvalue weighted by atomic mass is 32.2. The zero-order valence-corrected chi connectivity index (χ0v) is 22.1. The Morgan fingerprint density at radius 3 is 1.11 bits per heavy atom. The highest BCUT2D eigenvalue weighted by Gasteiger charge is 2.36. The van der Waals surface area contributed by atoms with Crippen molar-refractivity contribution in [3.63, 3.8) is 0 Å². The van der Waals surface area contributed by atoms with Gasteiger partial charge in [0, 0.05) is 0 Å². The molecule has 1 rings (SSSR count). The lowest BCUT2D eigenvalue weighted by Gasteiger charge is -2.11. The molecular formula is C24H38F4O5S2. The molecule has 0 atom stereocenters. The molecule has 0 aliphatic heterocycles. The van der Waals surface area contributed by atoms with Crippen LogP contribution >= 0.6 is 0 Å². The van der Waals surface area contributed by atoms with Crippen molar-refractivity contribution in [2.45, 2.75) is 119 Å². The SMILES string of the molecule is CCCCCCCCCCCCCCCCCCS(=O)(=O)c1c(F)c(F)c(S(=O)(=O)O)c(F)c1F. The molecule has 1 aromatic rings. The molecule has 5 nitrogen and oxygen atoms in total. The third-order valence-electron chi connectivity index (χ3n) is 6.02. The number of sulfone groups is 1. The van der Waals surface area contributed by atoms with Gasteiger partial charge in [0.15, 0.2) is 38.0 Å². The lowest BCUT2D eigenvalue weighted by molar-refractivity contribution is 0.380. The first-order chi connectivity index (χ1) is 16.4. The van der Waals surface area contributed by atoms with Gasteiger partial charge in [0.2, 0.25) is 0 Å². The van der Waals surface area contributed by atoms with Crippen LogP contribution in [0.1, 0.15) is 110 Å². The zero-order chi connectivity index (χ0) is 26.5. The second-order valence-corrected chi connectivity index (χ2v) is 12.4. The molecule has 1 aromatic carbocycles. The van der Waals surface area contributed by atoms with Gasteiger partial charge in [-0.15, -0.1) is 0 Å². The number of hydrogen-bond acceptors (Lipinski definition) is 4. The topological polar surface area (TPSA) is 88.5 Å². The minimum atomic E-state index is -5.64. The summed E-state index contributed by atoms with van der Waals surface area (Å²) in [6, 6.07) is 0. The van der Waals surface area contributed by atoms with Gasteiger partial charge < -0.3 is 0 Å². The van der Waals surface area contributed by atoms with Crippen LogP contribution in [-0.2, 0) is 20.0 Å². The van der Waals surface area contributed by atoms with Crippen molar-refractivity contribution in [2.75, 3.05) is 5.75 Å². The van der Waals surface area contributed by atoms with Gasteiger partial charge in [-0.2, -0.15) is 8.42 Å². The van der Waals surface area contributed by atoms with E-state index in [4.69, 9.17) is 4.55 Å². The average molecular weight is 547 g/mol. The second kappa shape index (κ2) is 15.8. The average Bonchev–Trinajstić information content (AvgIpc) is 2.76. The molecule has 35 heavy (non-hydrogen) atoms. The van der Waals surface area contributed by atoms with E-state index in [1.807, 2.05) is 0 Å². The number of benzene rings is 1. The van der Waals surface area contributed by atoms with Crippen LogP contribution in [0.2, 0.25) is 0 Å². The van der Waals surface area contributed by atoms with Crippen LogP contribution in [0.3, 0.4) is 0 Å². The van der Waals surface area contributed by atoms with Crippen LogP contribution in [0.25, 0.3) is 0 Å². The number of hydrogen-bond donors (Lipinski definition) is 1. The van der Waals surface area contributed by atoms with E-state index in [2.05, 4.69) is 6.92 Å². The first kappa shape index (κ1) is 31.8. The lowest BCUT2D eigenvalue weighted by Crippen LogP contribution is -2.18. The predicted molar refractivity (Wildman–Crippen MR) is 128 cm³/mol. The van der Waals surface area contributed by atoms with Crippen molar-refractivity contribution < 1.29 is 39.0 Å². The van der Waals surface area contributed by atoms with Gasteiger partial charge in [-0.05, 0) is 6.42 Å². The van der Waals surface area contributed by atoms with E-state index in [0.717, 1.165) is 25.7 Å². The molecule has 0 amide bonds. The smallest absolute Gasteiger partial charge is 0.282 e. The predicted octanol–water partition coefficient (Wildman–Crippen LogP) is 7.52. The summed E-state index contributed by atoms with van der Waals surface area (Å²) < 4.78 is 111. The van der Waals surface area contributed by atoms with Crippen molar-refractivity contribution in [3.8, 4) is 0 Å². The zero-order valence-electron chi connectivity index (χ0n) is 20.4. The van der Waals surface area contributed by atoms with Crippen LogP contribution in [0.15, 0.2) is 9.79 Å². The second-order valence-electron chi connectivity index (χ2n) is 9.01. The van der Waals surface area contributed by atoms with E-state index in [1.165, 1.54) is 57.8 Å². The lowest BCUT2D eigenvalue weighted by atomic mass is 10.0. The summed E-state index contributed by atoms with van der Waals surface area (Å²) in [5.41, 5.74) is 0. The minimum absolute atomic E-state index is 0.0305. The summed E-state index contributed by atoms with van der Waals surface area (Å²) in [5, 5.41) is 0. The molecule has 0 saturated heterocycles. The monoisotopic (exact) mass is 546 g/mol. The molecule has 1 N–H and O–H groups in total. The Hall–Kier alpha value is -1.20. The molecule has 0 fully saturated rings. The van der Waals surface area contributed by atoms with E-state index >= 15 is 0 Å². The first-order valence-corrected chi connectivity index (χ1v) is 15.6. The highest BCUT2D eigenvalue weighted by molar-refractivity contribution is 7.91. The summed E-state index contributed by atoms with van der Waals surface area (Å²) in [5.74, 6) is -10.4. The fourth-order valence-corrected chi connectivity index (χ4v) is 6.18. The van der Waals surface area contributed by atoms with Crippen molar-refractivity contribution in [1.82, 2.24) is 0 Å². The van der Waals surface area contributed by atoms with Gasteiger partial charge in [-0.3, -0.25) is 4.55 Å². The normalized spacial score (nSPS) is 12.4. The quantitative estimate of drug-likeness (QED) is 0.0839. The van der Waals surface area contributed by atoms with Gasteiger partial charge in [-0.25, -0.2) is 26.0 Å². The van der Waals surface area contributed by atoms with Crippen molar-refractivity contribution in [3.05, 3.63) is 23.3 Å². The number of unbranched alkanes of at least 4 members (excludes halogenated alkanes) is 15. The van der Waals surface area contributed by atoms with Gasteiger partial charge in [0.1, 0.15) is 4.90 Å². The van der Waals surface area contributed by atoms with E-state index < -0.39 is 58.8 Å². The Bertz CT molecular complexity index is 967. The Labute approximate surface area is 207 Å².